The molecule has 82 valence electrons. The van der Waals surface area contributed by atoms with Crippen molar-refractivity contribution in [1.82, 2.24) is 4.98 Å². The van der Waals surface area contributed by atoms with Gasteiger partial charge < -0.3 is 9.84 Å². The van der Waals surface area contributed by atoms with E-state index >= 15 is 0 Å². The summed E-state index contributed by atoms with van der Waals surface area (Å²) >= 11 is 5.51. The van der Waals surface area contributed by atoms with E-state index in [0.29, 0.717) is 18.2 Å². The van der Waals surface area contributed by atoms with Gasteiger partial charge in [-0.1, -0.05) is 0 Å². The van der Waals surface area contributed by atoms with E-state index in [1.54, 1.807) is 6.07 Å². The zero-order valence-corrected chi connectivity index (χ0v) is 8.91. The van der Waals surface area contributed by atoms with Crippen LogP contribution in [0.1, 0.15) is 23.3 Å². The lowest BCUT2D eigenvalue weighted by Gasteiger charge is -2.04. The topological polar surface area (TPSA) is 59.4 Å². The molecule has 0 fully saturated rings. The van der Waals surface area contributed by atoms with Crippen LogP contribution in [0.3, 0.4) is 0 Å². The maximum atomic E-state index is 10.5. The average molecular weight is 230 g/mol. The second-order valence-electron chi connectivity index (χ2n) is 2.93. The molecule has 0 aliphatic rings. The maximum Gasteiger partial charge on any atom is 0.354 e. The number of nitrogens with zero attached hydrogens (tertiary/aromatic N) is 1. The molecule has 1 N–H and O–H groups in total. The number of carbonyl (C=O) groups is 1. The standard InChI is InChI=1S/C10H12ClNO3/c11-5-1-2-6-15-8-3-4-9(10(13)14)12-7-8/h3-4,7H,1-2,5-6H2,(H,13,14). The first kappa shape index (κ1) is 11.8. The summed E-state index contributed by atoms with van der Waals surface area (Å²) in [4.78, 5) is 14.2. The third-order valence-corrected chi connectivity index (χ3v) is 2.02. The quantitative estimate of drug-likeness (QED) is 0.600. The van der Waals surface area contributed by atoms with E-state index in [1.807, 2.05) is 0 Å². The van der Waals surface area contributed by atoms with Crippen molar-refractivity contribution in [2.45, 2.75) is 12.8 Å². The molecular weight excluding hydrogens is 218 g/mol. The Morgan fingerprint density at radius 3 is 2.80 bits per heavy atom. The van der Waals surface area contributed by atoms with Gasteiger partial charge in [-0.3, -0.25) is 0 Å². The first-order valence-corrected chi connectivity index (χ1v) is 5.15. The Bertz CT molecular complexity index is 313. The number of carboxylic acid groups (broad SMARTS) is 1. The number of aromatic nitrogens is 1. The van der Waals surface area contributed by atoms with Crippen LogP contribution in [-0.2, 0) is 0 Å². The Kier molecular flexibility index (Phi) is 4.90. The van der Waals surface area contributed by atoms with Crippen LogP contribution in [0.15, 0.2) is 18.3 Å². The summed E-state index contributed by atoms with van der Waals surface area (Å²) in [5, 5.41) is 8.60. The molecule has 0 atom stereocenters. The second-order valence-corrected chi connectivity index (χ2v) is 3.31. The Morgan fingerprint density at radius 1 is 1.47 bits per heavy atom. The zero-order valence-electron chi connectivity index (χ0n) is 8.15. The van der Waals surface area contributed by atoms with Crippen molar-refractivity contribution in [1.29, 1.82) is 0 Å². The summed E-state index contributed by atoms with van der Waals surface area (Å²) < 4.78 is 5.33. The number of hydrogen-bond acceptors (Lipinski definition) is 3. The van der Waals surface area contributed by atoms with Crippen molar-refractivity contribution in [2.75, 3.05) is 12.5 Å². The number of ether oxygens (including phenoxy) is 1. The van der Waals surface area contributed by atoms with Gasteiger partial charge in [0, 0.05) is 5.88 Å². The van der Waals surface area contributed by atoms with Crippen molar-refractivity contribution in [3.63, 3.8) is 0 Å². The fourth-order valence-electron chi connectivity index (χ4n) is 0.979. The van der Waals surface area contributed by atoms with Crippen LogP contribution < -0.4 is 4.74 Å². The summed E-state index contributed by atoms with van der Waals surface area (Å²) in [5.41, 5.74) is 0.0168. The number of pyridine rings is 1. The van der Waals surface area contributed by atoms with Crippen LogP contribution >= 0.6 is 11.6 Å². The van der Waals surface area contributed by atoms with Crippen molar-refractivity contribution in [3.05, 3.63) is 24.0 Å². The maximum absolute atomic E-state index is 10.5. The van der Waals surface area contributed by atoms with Gasteiger partial charge in [0.25, 0.3) is 0 Å². The number of hydrogen-bond donors (Lipinski definition) is 1. The highest BCUT2D eigenvalue weighted by Gasteiger charge is 2.03. The molecule has 4 nitrogen and oxygen atoms in total. The first-order valence-electron chi connectivity index (χ1n) is 4.62. The van der Waals surface area contributed by atoms with E-state index in [2.05, 4.69) is 4.98 Å². The van der Waals surface area contributed by atoms with Gasteiger partial charge in [0.2, 0.25) is 0 Å². The normalized spacial score (nSPS) is 9.93. The third kappa shape index (κ3) is 4.16. The molecule has 0 radical (unpaired) electrons. The highest BCUT2D eigenvalue weighted by Crippen LogP contribution is 2.09. The Morgan fingerprint density at radius 2 is 2.27 bits per heavy atom. The van der Waals surface area contributed by atoms with E-state index in [4.69, 9.17) is 21.4 Å². The van der Waals surface area contributed by atoms with E-state index < -0.39 is 5.97 Å². The predicted octanol–water partition coefficient (Wildman–Crippen LogP) is 2.18. The minimum absolute atomic E-state index is 0.0168. The molecule has 1 rings (SSSR count). The van der Waals surface area contributed by atoms with Gasteiger partial charge in [0.1, 0.15) is 11.4 Å². The molecule has 1 aromatic rings. The molecule has 0 saturated heterocycles. The van der Waals surface area contributed by atoms with Crippen LogP contribution in [0.4, 0.5) is 0 Å². The molecular formula is C10H12ClNO3. The van der Waals surface area contributed by atoms with Gasteiger partial charge in [0.05, 0.1) is 12.8 Å². The zero-order chi connectivity index (χ0) is 11.1. The largest absolute Gasteiger partial charge is 0.492 e. The molecule has 0 saturated carbocycles. The highest BCUT2D eigenvalue weighted by atomic mass is 35.5. The molecule has 0 aromatic carbocycles. The number of unbranched alkanes of at least 4 members (excludes halogenated alkanes) is 1. The molecule has 1 aromatic heterocycles. The molecule has 5 heteroatoms. The fraction of sp³-hybridized carbons (Fsp3) is 0.400. The van der Waals surface area contributed by atoms with E-state index in [-0.39, 0.29) is 5.69 Å². The van der Waals surface area contributed by atoms with Gasteiger partial charge in [-0.2, -0.15) is 0 Å². The summed E-state index contributed by atoms with van der Waals surface area (Å²) in [7, 11) is 0. The molecule has 0 aliphatic carbocycles. The van der Waals surface area contributed by atoms with Crippen LogP contribution in [0.2, 0.25) is 0 Å². The smallest absolute Gasteiger partial charge is 0.354 e. The van der Waals surface area contributed by atoms with Gasteiger partial charge in [-0.25, -0.2) is 9.78 Å². The second kappa shape index (κ2) is 6.24. The van der Waals surface area contributed by atoms with Gasteiger partial charge in [-0.15, -0.1) is 11.6 Å². The SMILES string of the molecule is O=C(O)c1ccc(OCCCCCl)cn1. The highest BCUT2D eigenvalue weighted by molar-refractivity contribution is 6.17. The number of carboxylic acids is 1. The molecule has 0 spiro atoms. The number of halogens is 1. The summed E-state index contributed by atoms with van der Waals surface area (Å²) in [6.45, 7) is 0.570. The van der Waals surface area contributed by atoms with Crippen molar-refractivity contribution in [2.24, 2.45) is 0 Å². The molecule has 0 amide bonds. The van der Waals surface area contributed by atoms with Gasteiger partial charge in [0.15, 0.2) is 0 Å². The summed E-state index contributed by atoms with van der Waals surface area (Å²) in [6.07, 6.45) is 3.19. The summed E-state index contributed by atoms with van der Waals surface area (Å²) in [6, 6.07) is 3.01. The predicted molar refractivity (Wildman–Crippen MR) is 56.6 cm³/mol. The van der Waals surface area contributed by atoms with Gasteiger partial charge in [-0.05, 0) is 25.0 Å². The molecule has 1 heterocycles. The van der Waals surface area contributed by atoms with Crippen molar-refractivity contribution >= 4 is 17.6 Å². The van der Waals surface area contributed by atoms with Crippen LogP contribution in [-0.4, -0.2) is 28.5 Å². The number of alkyl halides is 1. The minimum atomic E-state index is -1.04. The van der Waals surface area contributed by atoms with Crippen LogP contribution in [0, 0.1) is 0 Å². The number of aromatic carboxylic acids is 1. The lowest BCUT2D eigenvalue weighted by molar-refractivity contribution is 0.0690. The van der Waals surface area contributed by atoms with E-state index in [0.717, 1.165) is 12.8 Å². The number of rotatable bonds is 6. The first-order chi connectivity index (χ1) is 7.24. The van der Waals surface area contributed by atoms with E-state index in [9.17, 15) is 4.79 Å². The van der Waals surface area contributed by atoms with E-state index in [1.165, 1.54) is 12.3 Å². The Labute approximate surface area is 92.8 Å². The van der Waals surface area contributed by atoms with Gasteiger partial charge >= 0.3 is 5.97 Å². The fourth-order valence-corrected chi connectivity index (χ4v) is 1.17. The van der Waals surface area contributed by atoms with Crippen molar-refractivity contribution < 1.29 is 14.6 Å². The monoisotopic (exact) mass is 229 g/mol. The molecule has 15 heavy (non-hydrogen) atoms. The van der Waals surface area contributed by atoms with Crippen LogP contribution in [0.5, 0.6) is 5.75 Å². The lowest BCUT2D eigenvalue weighted by Crippen LogP contribution is -2.01. The Hall–Kier alpha value is -1.29. The minimum Gasteiger partial charge on any atom is -0.492 e. The van der Waals surface area contributed by atoms with Crippen molar-refractivity contribution in [3.8, 4) is 5.75 Å². The molecule has 0 unspecified atom stereocenters. The molecule has 0 bridgehead atoms. The third-order valence-electron chi connectivity index (χ3n) is 1.75. The molecule has 0 aliphatic heterocycles. The average Bonchev–Trinajstić information content (AvgIpc) is 2.25. The van der Waals surface area contributed by atoms with Crippen LogP contribution in [0.25, 0.3) is 0 Å². The summed E-state index contributed by atoms with van der Waals surface area (Å²) in [5.74, 6) is 0.165. The lowest BCUT2D eigenvalue weighted by atomic mass is 10.3. The Balaban J connectivity index is 2.39.